The van der Waals surface area contributed by atoms with Crippen molar-refractivity contribution in [3.63, 3.8) is 0 Å². The maximum absolute atomic E-state index is 12.3. The van der Waals surface area contributed by atoms with Crippen molar-refractivity contribution in [3.05, 3.63) is 0 Å². The van der Waals surface area contributed by atoms with E-state index in [4.69, 9.17) is 5.11 Å². The van der Waals surface area contributed by atoms with E-state index in [2.05, 4.69) is 0 Å². The molecule has 2 amide bonds. The van der Waals surface area contributed by atoms with Crippen LogP contribution in [0.15, 0.2) is 0 Å². The normalized spacial score (nSPS) is 20.5. The Labute approximate surface area is 119 Å². The highest BCUT2D eigenvalue weighted by atomic mass is 19.4. The number of carboxylic acids is 1. The average Bonchev–Trinajstić information content (AvgIpc) is 2.68. The molecule has 0 aromatic heterocycles. The van der Waals surface area contributed by atoms with E-state index < -0.39 is 42.5 Å². The maximum atomic E-state index is 12.3. The topological polar surface area (TPSA) is 77.9 Å². The summed E-state index contributed by atoms with van der Waals surface area (Å²) in [5, 5.41) is 8.97. The van der Waals surface area contributed by atoms with Crippen molar-refractivity contribution >= 4 is 17.8 Å². The highest BCUT2D eigenvalue weighted by molar-refractivity contribution is 5.91. The van der Waals surface area contributed by atoms with E-state index in [1.54, 1.807) is 6.92 Å². The lowest BCUT2D eigenvalue weighted by Crippen LogP contribution is -2.45. The Hall–Kier alpha value is -1.80. The number of carbonyl (C=O) groups excluding carboxylic acids is 2. The number of hydrogen-bond acceptors (Lipinski definition) is 3. The van der Waals surface area contributed by atoms with E-state index in [-0.39, 0.29) is 19.4 Å². The highest BCUT2D eigenvalue weighted by Gasteiger charge is 2.42. The van der Waals surface area contributed by atoms with E-state index >= 15 is 0 Å². The number of carbonyl (C=O) groups is 3. The Morgan fingerprint density at radius 1 is 1.48 bits per heavy atom. The summed E-state index contributed by atoms with van der Waals surface area (Å²) in [5.41, 5.74) is 0. The third kappa shape index (κ3) is 4.33. The Morgan fingerprint density at radius 3 is 2.48 bits per heavy atom. The van der Waals surface area contributed by atoms with Gasteiger partial charge in [-0.3, -0.25) is 9.59 Å². The van der Waals surface area contributed by atoms with Crippen LogP contribution in [0.4, 0.5) is 13.2 Å². The van der Waals surface area contributed by atoms with Crippen molar-refractivity contribution in [3.8, 4) is 0 Å². The fourth-order valence-electron chi connectivity index (χ4n) is 2.36. The van der Waals surface area contributed by atoms with Crippen molar-refractivity contribution in [2.24, 2.45) is 5.92 Å². The Morgan fingerprint density at radius 2 is 2.05 bits per heavy atom. The second-order valence-electron chi connectivity index (χ2n) is 5.00. The summed E-state index contributed by atoms with van der Waals surface area (Å²) in [5.74, 6) is -3.49. The van der Waals surface area contributed by atoms with E-state index in [0.29, 0.717) is 4.90 Å². The fraction of sp³-hybridized carbons (Fsp3) is 0.750. The van der Waals surface area contributed by atoms with Crippen LogP contribution in [-0.2, 0) is 14.4 Å². The van der Waals surface area contributed by atoms with Crippen LogP contribution in [0.3, 0.4) is 0 Å². The summed E-state index contributed by atoms with van der Waals surface area (Å²) in [4.78, 5) is 36.2. The molecular formula is C12H17F3N2O4. The van der Waals surface area contributed by atoms with Crippen LogP contribution in [0.5, 0.6) is 0 Å². The van der Waals surface area contributed by atoms with Gasteiger partial charge in [-0.25, -0.2) is 4.79 Å². The van der Waals surface area contributed by atoms with Gasteiger partial charge in [0.1, 0.15) is 12.6 Å². The van der Waals surface area contributed by atoms with Crippen molar-refractivity contribution in [1.29, 1.82) is 0 Å². The van der Waals surface area contributed by atoms with Gasteiger partial charge in [-0.15, -0.1) is 0 Å². The van der Waals surface area contributed by atoms with Crippen molar-refractivity contribution < 1.29 is 32.7 Å². The number of carboxylic acid groups (broad SMARTS) is 1. The van der Waals surface area contributed by atoms with Gasteiger partial charge in [-0.2, -0.15) is 13.2 Å². The molecule has 0 aliphatic carbocycles. The largest absolute Gasteiger partial charge is 0.480 e. The van der Waals surface area contributed by atoms with Crippen LogP contribution >= 0.6 is 0 Å². The molecule has 2 unspecified atom stereocenters. The molecule has 0 saturated carbocycles. The number of rotatable bonds is 5. The van der Waals surface area contributed by atoms with Crippen molar-refractivity contribution in [2.75, 3.05) is 20.1 Å². The molecule has 1 aliphatic heterocycles. The third-order valence-corrected chi connectivity index (χ3v) is 3.42. The van der Waals surface area contributed by atoms with Crippen LogP contribution in [-0.4, -0.2) is 65.0 Å². The average molecular weight is 310 g/mol. The predicted octanol–water partition coefficient (Wildman–Crippen LogP) is 0.719. The molecule has 0 aromatic rings. The molecule has 0 radical (unpaired) electrons. The minimum Gasteiger partial charge on any atom is -0.480 e. The minimum absolute atomic E-state index is 0.171. The van der Waals surface area contributed by atoms with E-state index in [1.165, 1.54) is 7.05 Å². The first-order valence-corrected chi connectivity index (χ1v) is 6.40. The van der Waals surface area contributed by atoms with Gasteiger partial charge in [-0.05, 0) is 6.42 Å². The Kier molecular flexibility index (Phi) is 5.19. The number of alkyl halides is 3. The fourth-order valence-corrected chi connectivity index (χ4v) is 2.36. The zero-order chi connectivity index (χ0) is 16.4. The first kappa shape index (κ1) is 17.3. The smallest absolute Gasteiger partial charge is 0.406 e. The molecule has 0 spiro atoms. The predicted molar refractivity (Wildman–Crippen MR) is 65.2 cm³/mol. The first-order valence-electron chi connectivity index (χ1n) is 6.40. The molecule has 0 aromatic carbocycles. The monoisotopic (exact) mass is 310 g/mol. The molecule has 1 aliphatic rings. The van der Waals surface area contributed by atoms with E-state index in [0.717, 1.165) is 4.90 Å². The van der Waals surface area contributed by atoms with Gasteiger partial charge in [-0.1, -0.05) is 6.92 Å². The number of halogens is 3. The number of amides is 2. The Balaban J connectivity index is 2.73. The van der Waals surface area contributed by atoms with E-state index in [1.807, 2.05) is 0 Å². The summed E-state index contributed by atoms with van der Waals surface area (Å²) in [6, 6.07) is -1.05. The van der Waals surface area contributed by atoms with Gasteiger partial charge in [0.25, 0.3) is 0 Å². The SMILES string of the molecule is CCC(C(=O)O)N(C)C(=O)C1CC(=O)N(CC(F)(F)F)C1. The molecule has 21 heavy (non-hydrogen) atoms. The van der Waals surface area contributed by atoms with Gasteiger partial charge < -0.3 is 14.9 Å². The van der Waals surface area contributed by atoms with E-state index in [9.17, 15) is 27.6 Å². The zero-order valence-corrected chi connectivity index (χ0v) is 11.7. The van der Waals surface area contributed by atoms with Crippen LogP contribution in [0, 0.1) is 5.92 Å². The van der Waals surface area contributed by atoms with Gasteiger partial charge in [0.15, 0.2) is 0 Å². The van der Waals surface area contributed by atoms with Crippen LogP contribution in [0.1, 0.15) is 19.8 Å². The van der Waals surface area contributed by atoms with Crippen molar-refractivity contribution in [1.82, 2.24) is 9.80 Å². The molecule has 2 atom stereocenters. The summed E-state index contributed by atoms with van der Waals surface area (Å²) in [6.07, 6.45) is -4.67. The number of nitrogens with zero attached hydrogens (tertiary/aromatic N) is 2. The summed E-state index contributed by atoms with van der Waals surface area (Å²) in [6.45, 7) is -0.147. The molecule has 1 N–H and O–H groups in total. The molecular weight excluding hydrogens is 293 g/mol. The molecule has 6 nitrogen and oxygen atoms in total. The minimum atomic E-state index is -4.52. The zero-order valence-electron chi connectivity index (χ0n) is 11.7. The number of likely N-dealkylation sites (N-methyl/N-ethyl adjacent to an activating group) is 1. The summed E-state index contributed by atoms with van der Waals surface area (Å²) < 4.78 is 36.9. The lowest BCUT2D eigenvalue weighted by molar-refractivity contribution is -0.157. The second-order valence-corrected chi connectivity index (χ2v) is 5.00. The number of likely N-dealkylation sites (tertiary alicyclic amines) is 1. The van der Waals surface area contributed by atoms with Gasteiger partial charge in [0.05, 0.1) is 5.92 Å². The Bertz CT molecular complexity index is 439. The van der Waals surface area contributed by atoms with Crippen LogP contribution < -0.4 is 0 Å². The second kappa shape index (κ2) is 6.31. The molecule has 1 heterocycles. The van der Waals surface area contributed by atoms with Gasteiger partial charge in [0.2, 0.25) is 11.8 Å². The van der Waals surface area contributed by atoms with Gasteiger partial charge in [0, 0.05) is 20.0 Å². The standard InChI is InChI=1S/C12H17F3N2O4/c1-3-8(11(20)21)16(2)10(19)7-4-9(18)17(5-7)6-12(13,14)15/h7-8H,3-6H2,1-2H3,(H,20,21). The van der Waals surface area contributed by atoms with Gasteiger partial charge >= 0.3 is 12.1 Å². The maximum Gasteiger partial charge on any atom is 0.406 e. The molecule has 1 rings (SSSR count). The number of aliphatic carboxylic acids is 1. The molecule has 9 heteroatoms. The van der Waals surface area contributed by atoms with Crippen LogP contribution in [0.25, 0.3) is 0 Å². The summed E-state index contributed by atoms with van der Waals surface area (Å²) in [7, 11) is 1.28. The number of hydrogen-bond donors (Lipinski definition) is 1. The first-order chi connectivity index (χ1) is 9.56. The quantitative estimate of drug-likeness (QED) is 0.811. The molecule has 1 saturated heterocycles. The lowest BCUT2D eigenvalue weighted by atomic mass is 10.1. The molecule has 0 bridgehead atoms. The highest BCUT2D eigenvalue weighted by Crippen LogP contribution is 2.25. The molecule has 120 valence electrons. The van der Waals surface area contributed by atoms with Crippen molar-refractivity contribution in [2.45, 2.75) is 32.0 Å². The van der Waals surface area contributed by atoms with Crippen LogP contribution in [0.2, 0.25) is 0 Å². The summed E-state index contributed by atoms with van der Waals surface area (Å²) >= 11 is 0. The lowest BCUT2D eigenvalue weighted by Gasteiger charge is -2.26. The third-order valence-electron chi connectivity index (χ3n) is 3.42. The molecule has 1 fully saturated rings.